The summed E-state index contributed by atoms with van der Waals surface area (Å²) in [7, 11) is 0. The van der Waals surface area contributed by atoms with Gasteiger partial charge in [-0.15, -0.1) is 0 Å². The van der Waals surface area contributed by atoms with Crippen LogP contribution in [0.4, 0.5) is 4.79 Å². The van der Waals surface area contributed by atoms with Crippen molar-refractivity contribution in [3.05, 3.63) is 12.2 Å². The minimum absolute atomic E-state index is 0.0884. The molecule has 2 heterocycles. The second-order valence-electron chi connectivity index (χ2n) is 5.30. The van der Waals surface area contributed by atoms with Gasteiger partial charge in [0.1, 0.15) is 12.2 Å². The van der Waals surface area contributed by atoms with Crippen LogP contribution in [0, 0.1) is 5.92 Å². The van der Waals surface area contributed by atoms with E-state index in [1.165, 1.54) is 6.33 Å². The number of likely N-dealkylation sites (tertiary alicyclic amines) is 1. The first-order valence-electron chi connectivity index (χ1n) is 7.24. The molecule has 1 aliphatic rings. The number of carbonyl (C=O) groups excluding carboxylic acids is 1. The monoisotopic (exact) mass is 295 g/mol. The lowest BCUT2D eigenvalue weighted by Gasteiger charge is -2.32. The third-order valence-electron chi connectivity index (χ3n) is 3.68. The molecule has 21 heavy (non-hydrogen) atoms. The van der Waals surface area contributed by atoms with E-state index in [9.17, 15) is 9.59 Å². The number of piperidine rings is 1. The molecule has 0 saturated carbocycles. The Morgan fingerprint density at radius 3 is 3.10 bits per heavy atom. The number of carboxylic acid groups (broad SMARTS) is 1. The molecule has 0 aromatic carbocycles. The van der Waals surface area contributed by atoms with E-state index < -0.39 is 5.97 Å². The van der Waals surface area contributed by atoms with Crippen LogP contribution in [0.5, 0.6) is 0 Å². The van der Waals surface area contributed by atoms with Gasteiger partial charge in [-0.2, -0.15) is 5.10 Å². The van der Waals surface area contributed by atoms with Gasteiger partial charge >= 0.3 is 12.0 Å². The molecular weight excluding hydrogens is 274 g/mol. The van der Waals surface area contributed by atoms with E-state index in [0.717, 1.165) is 25.2 Å². The molecule has 0 bridgehead atoms. The first-order valence-corrected chi connectivity index (χ1v) is 7.24. The third-order valence-corrected chi connectivity index (χ3v) is 3.68. The quantitative estimate of drug-likeness (QED) is 0.713. The zero-order chi connectivity index (χ0) is 15.1. The molecule has 1 unspecified atom stereocenters. The summed E-state index contributed by atoms with van der Waals surface area (Å²) in [5.41, 5.74) is 0. The van der Waals surface area contributed by atoms with E-state index in [2.05, 4.69) is 20.5 Å². The summed E-state index contributed by atoms with van der Waals surface area (Å²) in [4.78, 5) is 28.4. The number of nitrogens with one attached hydrogen (secondary N) is 2. The van der Waals surface area contributed by atoms with E-state index in [4.69, 9.17) is 5.11 Å². The van der Waals surface area contributed by atoms with E-state index in [-0.39, 0.29) is 18.4 Å². The average molecular weight is 295 g/mol. The third kappa shape index (κ3) is 5.05. The topological polar surface area (TPSA) is 111 Å². The molecule has 1 fully saturated rings. The van der Waals surface area contributed by atoms with E-state index >= 15 is 0 Å². The summed E-state index contributed by atoms with van der Waals surface area (Å²) in [5, 5.41) is 18.1. The fourth-order valence-corrected chi connectivity index (χ4v) is 2.56. The molecule has 1 aliphatic heterocycles. The van der Waals surface area contributed by atoms with Crippen molar-refractivity contribution in [1.82, 2.24) is 25.4 Å². The summed E-state index contributed by atoms with van der Waals surface area (Å²) in [6.45, 7) is 1.88. The average Bonchev–Trinajstić information content (AvgIpc) is 2.98. The van der Waals surface area contributed by atoms with Crippen LogP contribution in [0.25, 0.3) is 0 Å². The number of carboxylic acids is 1. The number of aromatic amines is 1. The number of aliphatic carboxylic acids is 1. The fraction of sp³-hybridized carbons (Fsp3) is 0.692. The molecule has 2 amide bonds. The lowest BCUT2D eigenvalue weighted by molar-refractivity contribution is -0.137. The molecule has 8 heteroatoms. The summed E-state index contributed by atoms with van der Waals surface area (Å²) >= 11 is 0. The second kappa shape index (κ2) is 7.61. The Hall–Kier alpha value is -2.12. The number of amides is 2. The maximum atomic E-state index is 12.1. The van der Waals surface area contributed by atoms with Gasteiger partial charge in [-0.05, 0) is 25.2 Å². The minimum Gasteiger partial charge on any atom is -0.481 e. The van der Waals surface area contributed by atoms with Gasteiger partial charge < -0.3 is 15.3 Å². The van der Waals surface area contributed by atoms with Gasteiger partial charge in [-0.1, -0.05) is 0 Å². The van der Waals surface area contributed by atoms with Crippen LogP contribution in [0.2, 0.25) is 0 Å². The summed E-state index contributed by atoms with van der Waals surface area (Å²) in [6, 6.07) is -0.0884. The Balaban J connectivity index is 1.70. The fourth-order valence-electron chi connectivity index (χ4n) is 2.56. The molecule has 0 radical (unpaired) electrons. The van der Waals surface area contributed by atoms with Crippen molar-refractivity contribution >= 4 is 12.0 Å². The van der Waals surface area contributed by atoms with Crippen molar-refractivity contribution in [2.45, 2.75) is 32.1 Å². The molecule has 1 saturated heterocycles. The number of aromatic nitrogens is 3. The van der Waals surface area contributed by atoms with Gasteiger partial charge in [0.05, 0.1) is 0 Å². The highest BCUT2D eigenvalue weighted by atomic mass is 16.4. The lowest BCUT2D eigenvalue weighted by Crippen LogP contribution is -2.46. The Labute approximate surface area is 122 Å². The smallest absolute Gasteiger partial charge is 0.317 e. The first kappa shape index (κ1) is 15.3. The Bertz CT molecular complexity index is 462. The largest absolute Gasteiger partial charge is 0.481 e. The van der Waals surface area contributed by atoms with Crippen LogP contribution < -0.4 is 5.32 Å². The Morgan fingerprint density at radius 1 is 1.52 bits per heavy atom. The zero-order valence-electron chi connectivity index (χ0n) is 11.9. The molecule has 0 spiro atoms. The van der Waals surface area contributed by atoms with Crippen LogP contribution in [0.1, 0.15) is 31.5 Å². The van der Waals surface area contributed by atoms with Gasteiger partial charge in [-0.25, -0.2) is 9.78 Å². The van der Waals surface area contributed by atoms with Crippen LogP contribution in [-0.4, -0.2) is 56.8 Å². The highest BCUT2D eigenvalue weighted by Gasteiger charge is 2.23. The predicted molar refractivity (Wildman–Crippen MR) is 74.7 cm³/mol. The van der Waals surface area contributed by atoms with Crippen molar-refractivity contribution in [3.8, 4) is 0 Å². The van der Waals surface area contributed by atoms with Gasteiger partial charge in [0.2, 0.25) is 0 Å². The first-order chi connectivity index (χ1) is 10.1. The van der Waals surface area contributed by atoms with Gasteiger partial charge in [0, 0.05) is 32.5 Å². The molecule has 8 nitrogen and oxygen atoms in total. The van der Waals surface area contributed by atoms with Crippen LogP contribution in [0.3, 0.4) is 0 Å². The molecule has 2 rings (SSSR count). The lowest BCUT2D eigenvalue weighted by atomic mass is 9.93. The van der Waals surface area contributed by atoms with Crippen molar-refractivity contribution in [2.24, 2.45) is 5.92 Å². The number of urea groups is 1. The zero-order valence-corrected chi connectivity index (χ0v) is 11.9. The minimum atomic E-state index is -0.774. The number of hydrogen-bond acceptors (Lipinski definition) is 4. The molecule has 1 atom stereocenters. The van der Waals surface area contributed by atoms with Gasteiger partial charge in [0.15, 0.2) is 0 Å². The molecule has 1 aromatic rings. The number of rotatable bonds is 6. The highest BCUT2D eigenvalue weighted by Crippen LogP contribution is 2.20. The Morgan fingerprint density at radius 2 is 2.38 bits per heavy atom. The molecule has 1 aromatic heterocycles. The molecule has 116 valence electrons. The summed E-state index contributed by atoms with van der Waals surface area (Å²) in [5.74, 6) is 0.256. The van der Waals surface area contributed by atoms with Crippen LogP contribution in [-0.2, 0) is 11.2 Å². The van der Waals surface area contributed by atoms with E-state index in [1.54, 1.807) is 4.90 Å². The van der Waals surface area contributed by atoms with Crippen molar-refractivity contribution in [3.63, 3.8) is 0 Å². The van der Waals surface area contributed by atoms with Gasteiger partial charge in [0.25, 0.3) is 0 Å². The predicted octanol–water partition coefficient (Wildman–Crippen LogP) is 0.634. The normalized spacial score (nSPS) is 18.5. The molecular formula is C13H21N5O3. The van der Waals surface area contributed by atoms with Crippen LogP contribution in [0.15, 0.2) is 6.33 Å². The standard InChI is InChI=1S/C13H21N5O3/c19-12(20)4-3-10-2-1-7-18(8-10)13(21)14-6-5-11-15-9-16-17-11/h9-10H,1-8H2,(H,14,21)(H,19,20)(H,15,16,17). The number of H-pyrrole nitrogens is 1. The molecule has 3 N–H and O–H groups in total. The van der Waals surface area contributed by atoms with E-state index in [1.807, 2.05) is 0 Å². The van der Waals surface area contributed by atoms with Crippen molar-refractivity contribution < 1.29 is 14.7 Å². The van der Waals surface area contributed by atoms with Crippen LogP contribution >= 0.6 is 0 Å². The number of carbonyl (C=O) groups is 2. The number of hydrogen-bond donors (Lipinski definition) is 3. The second-order valence-corrected chi connectivity index (χ2v) is 5.30. The SMILES string of the molecule is O=C(O)CCC1CCCN(C(=O)NCCc2ncn[nH]2)C1. The van der Waals surface area contributed by atoms with E-state index in [0.29, 0.717) is 25.9 Å². The van der Waals surface area contributed by atoms with Crippen molar-refractivity contribution in [1.29, 1.82) is 0 Å². The summed E-state index contributed by atoms with van der Waals surface area (Å²) in [6.07, 6.45) is 4.79. The molecule has 0 aliphatic carbocycles. The summed E-state index contributed by atoms with van der Waals surface area (Å²) < 4.78 is 0. The maximum Gasteiger partial charge on any atom is 0.317 e. The Kier molecular flexibility index (Phi) is 5.53. The van der Waals surface area contributed by atoms with Gasteiger partial charge in [-0.3, -0.25) is 9.89 Å². The maximum absolute atomic E-state index is 12.1. The van der Waals surface area contributed by atoms with Crippen molar-refractivity contribution in [2.75, 3.05) is 19.6 Å². The highest BCUT2D eigenvalue weighted by molar-refractivity contribution is 5.74. The number of nitrogens with zero attached hydrogens (tertiary/aromatic N) is 3.